The van der Waals surface area contributed by atoms with Crippen LogP contribution < -0.4 is 34.3 Å². The summed E-state index contributed by atoms with van der Waals surface area (Å²) in [7, 11) is -7.90. The van der Waals surface area contributed by atoms with E-state index in [9.17, 15) is 21.4 Å². The van der Waals surface area contributed by atoms with E-state index in [-0.39, 0.29) is 55.5 Å². The number of benzene rings is 1. The first-order chi connectivity index (χ1) is 12.1. The number of unbranched alkanes of at least 4 members (excludes halogenated alkanes) is 1. The molecule has 27 heavy (non-hydrogen) atoms. The van der Waals surface area contributed by atoms with E-state index in [1.807, 2.05) is 30.3 Å². The molecule has 0 unspecified atom stereocenters. The topological polar surface area (TPSA) is 113 Å². The van der Waals surface area contributed by atoms with Gasteiger partial charge in [0.15, 0.2) is 0 Å². The fourth-order valence-electron chi connectivity index (χ4n) is 2.51. The molecule has 0 aliphatic heterocycles. The fraction of sp³-hybridized carbons (Fsp3) is 0.312. The summed E-state index contributed by atoms with van der Waals surface area (Å²) in [5, 5.41) is 0. The third kappa shape index (κ3) is 7.29. The first-order valence-electron chi connectivity index (χ1n) is 7.68. The van der Waals surface area contributed by atoms with Gasteiger partial charge in [-0.2, -0.15) is 0 Å². The number of hydrogen-bond acceptors (Lipinski definition) is 5. The molecule has 0 bridgehead atoms. The second kappa shape index (κ2) is 9.73. The maximum Gasteiger partial charge on any atom is 1.00 e. The Balaban J connectivity index is 0.00000364. The maximum atomic E-state index is 11.7. The molecular weight excluding hydrogens is 401 g/mol. The number of aryl methyl sites for hydroxylation is 1. The largest absolute Gasteiger partial charge is 1.00 e. The molecule has 0 saturated heterocycles. The predicted molar refractivity (Wildman–Crippen MR) is 101 cm³/mol. The number of anilines is 1. The van der Waals surface area contributed by atoms with Crippen LogP contribution in [-0.4, -0.2) is 38.0 Å². The quantitative estimate of drug-likeness (QED) is 0.271. The van der Waals surface area contributed by atoms with Crippen LogP contribution >= 0.6 is 0 Å². The fourth-order valence-corrected chi connectivity index (χ4v) is 3.63. The van der Waals surface area contributed by atoms with Gasteiger partial charge in [-0.1, -0.05) is 30.3 Å². The number of sulfonamides is 1. The molecule has 2 rings (SSSR count). The summed E-state index contributed by atoms with van der Waals surface area (Å²) in [5.74, 6) is -0.351. The molecule has 1 heterocycles. The van der Waals surface area contributed by atoms with E-state index in [0.717, 1.165) is 11.8 Å². The van der Waals surface area contributed by atoms with Gasteiger partial charge in [0.1, 0.15) is 5.82 Å². The Hall–Kier alpha value is -1.35. The van der Waals surface area contributed by atoms with E-state index in [1.54, 1.807) is 10.8 Å². The number of hydrogen-bond donors (Lipinski definition) is 1. The zero-order chi connectivity index (χ0) is 19.4. The van der Waals surface area contributed by atoms with Gasteiger partial charge in [0, 0.05) is 25.5 Å². The average molecular weight is 421 g/mol. The molecule has 2 aromatic rings. The van der Waals surface area contributed by atoms with Crippen LogP contribution in [0.5, 0.6) is 0 Å². The molecule has 8 nitrogen and oxygen atoms in total. The summed E-state index contributed by atoms with van der Waals surface area (Å²) in [6, 6.07) is 9.06. The van der Waals surface area contributed by atoms with Gasteiger partial charge in [0.2, 0.25) is 15.7 Å². The predicted octanol–water partition coefficient (Wildman–Crippen LogP) is -0.347. The zero-order valence-corrected chi connectivity index (χ0v) is 18.7. The van der Waals surface area contributed by atoms with Gasteiger partial charge in [0.25, 0.3) is 0 Å². The van der Waals surface area contributed by atoms with E-state index >= 15 is 0 Å². The van der Waals surface area contributed by atoms with Crippen molar-refractivity contribution in [1.29, 1.82) is 0 Å². The smallest absolute Gasteiger partial charge is 0.748 e. The molecule has 1 N–H and O–H groups in total. The molecule has 0 radical (unpaired) electrons. The summed E-state index contributed by atoms with van der Waals surface area (Å²) in [4.78, 5) is 3.48. The standard InChI is InChI=1S/C16H19N3O5S2.Na.H2/c1-17-15-14(13-8-4-3-5-9-13)12-19(16(15)18-25(2,20)21)10-6-7-11-26(22,23)24;;/h3-5,8-9,12,18H,6-7,10-11H2,2H3,(H,22,23,24);;1H/q;+1;/p-1. The SMILES string of the molecule is [C-]#[N+]c1c(-c2ccccc2)cn(CCCCS(=O)(=O)[O-])c1NS(C)(=O)=O.[HH].[Na+]. The van der Waals surface area contributed by atoms with E-state index in [0.29, 0.717) is 12.0 Å². The van der Waals surface area contributed by atoms with E-state index in [2.05, 4.69) is 9.57 Å². The molecule has 0 aliphatic rings. The molecule has 0 aliphatic carbocycles. The molecular formula is C16H20N3NaO5S2. The Kier molecular flexibility index (Phi) is 8.53. The van der Waals surface area contributed by atoms with Crippen LogP contribution in [0.2, 0.25) is 0 Å². The third-order valence-electron chi connectivity index (χ3n) is 3.57. The van der Waals surface area contributed by atoms with Gasteiger partial charge < -0.3 is 9.12 Å². The summed E-state index contributed by atoms with van der Waals surface area (Å²) >= 11 is 0. The maximum absolute atomic E-state index is 11.7. The Morgan fingerprint density at radius 1 is 1.19 bits per heavy atom. The zero-order valence-electron chi connectivity index (χ0n) is 15.0. The van der Waals surface area contributed by atoms with Crippen molar-refractivity contribution in [3.8, 4) is 11.1 Å². The van der Waals surface area contributed by atoms with Gasteiger partial charge in [-0.15, -0.1) is 0 Å². The minimum atomic E-state index is -4.29. The summed E-state index contributed by atoms with van der Waals surface area (Å²) < 4.78 is 59.4. The molecule has 0 atom stereocenters. The van der Waals surface area contributed by atoms with Crippen molar-refractivity contribution in [2.24, 2.45) is 0 Å². The Labute approximate surface area is 183 Å². The molecule has 142 valence electrons. The Morgan fingerprint density at radius 3 is 2.33 bits per heavy atom. The van der Waals surface area contributed by atoms with Crippen molar-refractivity contribution < 1.29 is 52.4 Å². The number of aromatic nitrogens is 1. The number of nitrogens with one attached hydrogen (secondary N) is 1. The van der Waals surface area contributed by atoms with E-state index < -0.39 is 25.9 Å². The number of rotatable bonds is 8. The second-order valence-electron chi connectivity index (χ2n) is 5.75. The van der Waals surface area contributed by atoms with E-state index in [4.69, 9.17) is 6.57 Å². The van der Waals surface area contributed by atoms with Gasteiger partial charge in [-0.25, -0.2) is 21.7 Å². The van der Waals surface area contributed by atoms with Gasteiger partial charge >= 0.3 is 29.6 Å². The Bertz CT molecular complexity index is 1030. The minimum absolute atomic E-state index is 0. The van der Waals surface area contributed by atoms with Crippen LogP contribution in [-0.2, 0) is 26.7 Å². The Morgan fingerprint density at radius 2 is 1.81 bits per heavy atom. The average Bonchev–Trinajstić information content (AvgIpc) is 2.87. The van der Waals surface area contributed by atoms with Crippen molar-refractivity contribution in [1.82, 2.24) is 4.57 Å². The molecule has 1 aromatic heterocycles. The van der Waals surface area contributed by atoms with Crippen LogP contribution in [0, 0.1) is 6.57 Å². The van der Waals surface area contributed by atoms with Crippen LogP contribution in [0.1, 0.15) is 14.3 Å². The molecule has 0 fully saturated rings. The van der Waals surface area contributed by atoms with Crippen molar-refractivity contribution in [2.45, 2.75) is 19.4 Å². The molecule has 1 aromatic carbocycles. The summed E-state index contributed by atoms with van der Waals surface area (Å²) in [6.45, 7) is 7.71. The summed E-state index contributed by atoms with van der Waals surface area (Å²) in [5.41, 5.74) is 1.50. The van der Waals surface area contributed by atoms with Crippen LogP contribution in [0.4, 0.5) is 11.5 Å². The van der Waals surface area contributed by atoms with Crippen molar-refractivity contribution in [3.63, 3.8) is 0 Å². The molecule has 0 spiro atoms. The second-order valence-corrected chi connectivity index (χ2v) is 9.03. The van der Waals surface area contributed by atoms with Crippen molar-refractivity contribution in [2.75, 3.05) is 16.7 Å². The first-order valence-corrected chi connectivity index (χ1v) is 11.1. The molecule has 11 heteroatoms. The van der Waals surface area contributed by atoms with Crippen molar-refractivity contribution >= 4 is 31.6 Å². The van der Waals surface area contributed by atoms with Gasteiger partial charge in [-0.05, 0) is 18.4 Å². The minimum Gasteiger partial charge on any atom is -0.748 e. The van der Waals surface area contributed by atoms with Crippen molar-refractivity contribution in [3.05, 3.63) is 47.9 Å². The molecule has 0 saturated carbocycles. The van der Waals surface area contributed by atoms with E-state index in [1.165, 1.54) is 0 Å². The van der Waals surface area contributed by atoms with Crippen LogP contribution in [0.25, 0.3) is 16.0 Å². The normalized spacial score (nSPS) is 11.4. The monoisotopic (exact) mass is 421 g/mol. The number of nitrogens with zero attached hydrogens (tertiary/aromatic N) is 2. The van der Waals surface area contributed by atoms with Crippen LogP contribution in [0.3, 0.4) is 0 Å². The van der Waals surface area contributed by atoms with Crippen LogP contribution in [0.15, 0.2) is 36.5 Å². The third-order valence-corrected chi connectivity index (χ3v) is 4.93. The van der Waals surface area contributed by atoms with Gasteiger partial charge in [-0.3, -0.25) is 4.72 Å². The summed E-state index contributed by atoms with van der Waals surface area (Å²) in [6.07, 6.45) is 3.14. The van der Waals surface area contributed by atoms with Gasteiger partial charge in [0.05, 0.1) is 22.9 Å². The molecule has 0 amide bonds. The first kappa shape index (κ1) is 23.7.